The topological polar surface area (TPSA) is 20.2 Å². The Balaban J connectivity index is 2.48. The number of aryl methyl sites for hydroxylation is 2. The molecule has 2 heteroatoms. The second kappa shape index (κ2) is 5.37. The minimum Gasteiger partial charge on any atom is -0.387 e. The number of hydrogen-bond acceptors (Lipinski definition) is 1. The first-order valence-corrected chi connectivity index (χ1v) is 6.84. The lowest BCUT2D eigenvalue weighted by Gasteiger charge is -2.32. The van der Waals surface area contributed by atoms with Crippen LogP contribution in [-0.4, -0.2) is 5.11 Å². The Bertz CT molecular complexity index is 579. The van der Waals surface area contributed by atoms with Gasteiger partial charge in [0, 0.05) is 11.0 Å². The van der Waals surface area contributed by atoms with Crippen LogP contribution in [0.3, 0.4) is 0 Å². The van der Waals surface area contributed by atoms with Crippen molar-refractivity contribution in [2.45, 2.75) is 39.2 Å². The summed E-state index contributed by atoms with van der Waals surface area (Å²) in [6.07, 6.45) is -0.884. The molecule has 0 aliphatic carbocycles. The van der Waals surface area contributed by atoms with Crippen LogP contribution in [0, 0.1) is 19.7 Å². The van der Waals surface area contributed by atoms with E-state index in [1.807, 2.05) is 64.1 Å². The largest absolute Gasteiger partial charge is 0.387 e. The highest BCUT2D eigenvalue weighted by molar-refractivity contribution is 5.38. The number of aliphatic hydroxyl groups is 1. The van der Waals surface area contributed by atoms with Gasteiger partial charge in [-0.1, -0.05) is 50.2 Å². The lowest BCUT2D eigenvalue weighted by molar-refractivity contribution is 0.0959. The molecule has 1 atom stereocenters. The standard InChI is InChI=1S/C18H21FO/c1-12-10-13(2)16(15(19)11-12)17(20)18(3,4)14-8-6-5-7-9-14/h5-11,17,20H,1-4H3. The maximum Gasteiger partial charge on any atom is 0.129 e. The van der Waals surface area contributed by atoms with Crippen LogP contribution < -0.4 is 0 Å². The summed E-state index contributed by atoms with van der Waals surface area (Å²) in [5.41, 5.74) is 2.49. The Morgan fingerprint density at radius 1 is 1.05 bits per heavy atom. The summed E-state index contributed by atoms with van der Waals surface area (Å²) < 4.78 is 14.2. The van der Waals surface area contributed by atoms with Crippen molar-refractivity contribution in [2.75, 3.05) is 0 Å². The molecule has 0 aliphatic rings. The summed E-state index contributed by atoms with van der Waals surface area (Å²) in [7, 11) is 0. The van der Waals surface area contributed by atoms with Crippen molar-refractivity contribution in [2.24, 2.45) is 0 Å². The van der Waals surface area contributed by atoms with Gasteiger partial charge in [-0.15, -0.1) is 0 Å². The first-order valence-electron chi connectivity index (χ1n) is 6.84. The van der Waals surface area contributed by atoms with Crippen molar-refractivity contribution in [1.29, 1.82) is 0 Å². The van der Waals surface area contributed by atoms with Crippen molar-refractivity contribution in [3.8, 4) is 0 Å². The van der Waals surface area contributed by atoms with Gasteiger partial charge >= 0.3 is 0 Å². The van der Waals surface area contributed by atoms with Crippen LogP contribution in [0.25, 0.3) is 0 Å². The van der Waals surface area contributed by atoms with Crippen LogP contribution in [0.1, 0.15) is 42.2 Å². The molecule has 2 aromatic rings. The van der Waals surface area contributed by atoms with Crippen LogP contribution in [-0.2, 0) is 5.41 Å². The van der Waals surface area contributed by atoms with E-state index in [1.165, 1.54) is 6.07 Å². The summed E-state index contributed by atoms with van der Waals surface area (Å²) in [5, 5.41) is 10.7. The summed E-state index contributed by atoms with van der Waals surface area (Å²) in [6, 6.07) is 13.1. The fourth-order valence-electron chi connectivity index (χ4n) is 2.66. The highest BCUT2D eigenvalue weighted by Gasteiger charge is 2.33. The van der Waals surface area contributed by atoms with Crippen molar-refractivity contribution in [3.63, 3.8) is 0 Å². The first-order chi connectivity index (χ1) is 9.34. The van der Waals surface area contributed by atoms with E-state index in [4.69, 9.17) is 0 Å². The molecule has 2 rings (SSSR count). The molecule has 0 bridgehead atoms. The summed E-state index contributed by atoms with van der Waals surface area (Å²) in [5.74, 6) is -0.334. The zero-order valence-corrected chi connectivity index (χ0v) is 12.4. The molecule has 106 valence electrons. The Morgan fingerprint density at radius 2 is 1.65 bits per heavy atom. The number of benzene rings is 2. The van der Waals surface area contributed by atoms with E-state index < -0.39 is 11.5 Å². The molecule has 0 radical (unpaired) electrons. The predicted octanol–water partition coefficient (Wildman–Crippen LogP) is 4.45. The van der Waals surface area contributed by atoms with Crippen molar-refractivity contribution >= 4 is 0 Å². The summed E-state index contributed by atoms with van der Waals surface area (Å²) in [4.78, 5) is 0. The molecule has 1 N–H and O–H groups in total. The van der Waals surface area contributed by atoms with E-state index in [0.29, 0.717) is 5.56 Å². The maximum atomic E-state index is 14.2. The van der Waals surface area contributed by atoms with Crippen LogP contribution in [0.4, 0.5) is 4.39 Å². The molecule has 0 saturated heterocycles. The molecule has 2 aromatic carbocycles. The van der Waals surface area contributed by atoms with Gasteiger partial charge in [0.25, 0.3) is 0 Å². The zero-order chi connectivity index (χ0) is 14.9. The zero-order valence-electron chi connectivity index (χ0n) is 12.4. The van der Waals surface area contributed by atoms with E-state index >= 15 is 0 Å². The van der Waals surface area contributed by atoms with Crippen LogP contribution in [0.15, 0.2) is 42.5 Å². The Labute approximate surface area is 120 Å². The molecule has 0 fully saturated rings. The van der Waals surface area contributed by atoms with E-state index in [9.17, 15) is 9.50 Å². The third-order valence-electron chi connectivity index (χ3n) is 3.96. The number of aliphatic hydroxyl groups excluding tert-OH is 1. The van der Waals surface area contributed by atoms with Crippen molar-refractivity contribution in [1.82, 2.24) is 0 Å². The molecule has 20 heavy (non-hydrogen) atoms. The quantitative estimate of drug-likeness (QED) is 0.875. The van der Waals surface area contributed by atoms with Crippen LogP contribution in [0.5, 0.6) is 0 Å². The molecule has 1 unspecified atom stereocenters. The molecule has 0 aliphatic heterocycles. The first kappa shape index (κ1) is 14.7. The van der Waals surface area contributed by atoms with E-state index in [-0.39, 0.29) is 5.82 Å². The van der Waals surface area contributed by atoms with E-state index in [1.54, 1.807) is 0 Å². The molecular formula is C18H21FO. The van der Waals surface area contributed by atoms with E-state index in [2.05, 4.69) is 0 Å². The molecule has 0 amide bonds. The number of hydrogen-bond donors (Lipinski definition) is 1. The summed E-state index contributed by atoms with van der Waals surface area (Å²) in [6.45, 7) is 7.57. The van der Waals surface area contributed by atoms with Gasteiger partial charge in [0.2, 0.25) is 0 Å². The van der Waals surface area contributed by atoms with Crippen molar-refractivity contribution in [3.05, 3.63) is 70.5 Å². The van der Waals surface area contributed by atoms with Gasteiger partial charge in [0.1, 0.15) is 5.82 Å². The second-order valence-corrected chi connectivity index (χ2v) is 5.97. The second-order valence-electron chi connectivity index (χ2n) is 5.97. The minimum absolute atomic E-state index is 0.334. The average Bonchev–Trinajstić information content (AvgIpc) is 2.38. The lowest BCUT2D eigenvalue weighted by Crippen LogP contribution is -2.28. The Morgan fingerprint density at radius 3 is 2.20 bits per heavy atom. The molecule has 1 nitrogen and oxygen atoms in total. The van der Waals surface area contributed by atoms with Gasteiger partial charge in [-0.2, -0.15) is 0 Å². The maximum absolute atomic E-state index is 14.2. The number of rotatable bonds is 3. The predicted molar refractivity (Wildman–Crippen MR) is 80.3 cm³/mol. The summed E-state index contributed by atoms with van der Waals surface area (Å²) >= 11 is 0. The molecule has 0 saturated carbocycles. The highest BCUT2D eigenvalue weighted by Crippen LogP contribution is 2.39. The Kier molecular flexibility index (Phi) is 3.96. The van der Waals surface area contributed by atoms with Gasteiger partial charge in [-0.05, 0) is 36.6 Å². The highest BCUT2D eigenvalue weighted by atomic mass is 19.1. The van der Waals surface area contributed by atoms with Gasteiger partial charge in [-0.25, -0.2) is 4.39 Å². The van der Waals surface area contributed by atoms with E-state index in [0.717, 1.165) is 16.7 Å². The molecule has 0 heterocycles. The molecular weight excluding hydrogens is 251 g/mol. The van der Waals surface area contributed by atoms with Crippen LogP contribution in [0.2, 0.25) is 0 Å². The SMILES string of the molecule is Cc1cc(C)c(C(O)C(C)(C)c2ccccc2)c(F)c1. The third-order valence-corrected chi connectivity index (χ3v) is 3.96. The minimum atomic E-state index is -0.884. The van der Waals surface area contributed by atoms with Gasteiger partial charge < -0.3 is 5.11 Å². The van der Waals surface area contributed by atoms with Gasteiger partial charge in [0.15, 0.2) is 0 Å². The smallest absolute Gasteiger partial charge is 0.129 e. The van der Waals surface area contributed by atoms with Gasteiger partial charge in [-0.3, -0.25) is 0 Å². The molecule has 0 spiro atoms. The Hall–Kier alpha value is -1.67. The monoisotopic (exact) mass is 272 g/mol. The van der Waals surface area contributed by atoms with Crippen molar-refractivity contribution < 1.29 is 9.50 Å². The average molecular weight is 272 g/mol. The lowest BCUT2D eigenvalue weighted by atomic mass is 9.75. The third kappa shape index (κ3) is 2.61. The fraction of sp³-hybridized carbons (Fsp3) is 0.333. The number of halogens is 1. The van der Waals surface area contributed by atoms with Crippen LogP contribution >= 0.6 is 0 Å². The normalized spacial score (nSPS) is 13.3. The fourth-order valence-corrected chi connectivity index (χ4v) is 2.66. The van der Waals surface area contributed by atoms with Gasteiger partial charge in [0.05, 0.1) is 6.10 Å². The molecule has 0 aromatic heterocycles.